The molecule has 1 aromatic carbocycles. The van der Waals surface area contributed by atoms with Crippen LogP contribution in [0.4, 0.5) is 0 Å². The molecule has 0 spiro atoms. The molecular weight excluding hydrogens is 251 g/mol. The van der Waals surface area contributed by atoms with E-state index in [9.17, 15) is 9.90 Å². The minimum Gasteiger partial charge on any atom is -0.469 e. The Balaban J connectivity index is 2.99. The predicted octanol–water partition coefficient (Wildman–Crippen LogP) is 2.84. The van der Waals surface area contributed by atoms with Crippen molar-refractivity contribution in [3.05, 3.63) is 33.8 Å². The first kappa shape index (κ1) is 13.3. The fraction of sp³-hybridized carbons (Fsp3) is 0.364. The fourth-order valence-electron chi connectivity index (χ4n) is 1.33. The van der Waals surface area contributed by atoms with Crippen LogP contribution in [0.2, 0.25) is 10.0 Å². The molecule has 3 nitrogen and oxygen atoms in total. The summed E-state index contributed by atoms with van der Waals surface area (Å²) in [5.41, 5.74) is 0.423. The van der Waals surface area contributed by atoms with E-state index in [1.807, 2.05) is 0 Å². The SMILES string of the molecule is COC(=O)C(C)C(O)c1cc(Cl)ccc1Cl. The second-order valence-corrected chi connectivity index (χ2v) is 4.27. The molecule has 2 unspecified atom stereocenters. The molecule has 2 atom stereocenters. The van der Waals surface area contributed by atoms with Crippen LogP contribution >= 0.6 is 23.2 Å². The molecule has 0 aliphatic heterocycles. The average Bonchev–Trinajstić information content (AvgIpc) is 2.29. The van der Waals surface area contributed by atoms with Crippen LogP contribution in [0.1, 0.15) is 18.6 Å². The zero-order valence-electron chi connectivity index (χ0n) is 8.91. The van der Waals surface area contributed by atoms with Gasteiger partial charge in [0.1, 0.15) is 0 Å². The lowest BCUT2D eigenvalue weighted by molar-refractivity contribution is -0.148. The molecule has 0 amide bonds. The van der Waals surface area contributed by atoms with E-state index in [0.29, 0.717) is 15.6 Å². The third-order valence-corrected chi connectivity index (χ3v) is 2.90. The minimum absolute atomic E-state index is 0.368. The molecule has 0 saturated carbocycles. The summed E-state index contributed by atoms with van der Waals surface area (Å²) in [7, 11) is 1.27. The number of benzene rings is 1. The highest BCUT2D eigenvalue weighted by molar-refractivity contribution is 6.33. The number of methoxy groups -OCH3 is 1. The van der Waals surface area contributed by atoms with Gasteiger partial charge in [-0.3, -0.25) is 4.79 Å². The fourth-order valence-corrected chi connectivity index (χ4v) is 1.74. The highest BCUT2D eigenvalue weighted by Crippen LogP contribution is 2.31. The molecule has 0 saturated heterocycles. The Bertz CT molecular complexity index is 393. The van der Waals surface area contributed by atoms with E-state index < -0.39 is 18.0 Å². The molecule has 0 aliphatic rings. The van der Waals surface area contributed by atoms with E-state index in [2.05, 4.69) is 4.74 Å². The molecule has 5 heteroatoms. The molecular formula is C11H12Cl2O3. The summed E-state index contributed by atoms with van der Waals surface area (Å²) in [5, 5.41) is 10.8. The van der Waals surface area contributed by atoms with E-state index >= 15 is 0 Å². The molecule has 0 fully saturated rings. The van der Waals surface area contributed by atoms with Crippen molar-refractivity contribution in [1.29, 1.82) is 0 Å². The van der Waals surface area contributed by atoms with Crippen molar-refractivity contribution in [2.24, 2.45) is 5.92 Å². The highest BCUT2D eigenvalue weighted by Gasteiger charge is 2.25. The van der Waals surface area contributed by atoms with Crippen molar-refractivity contribution in [1.82, 2.24) is 0 Å². The maximum absolute atomic E-state index is 11.3. The monoisotopic (exact) mass is 262 g/mol. The first-order valence-electron chi connectivity index (χ1n) is 4.68. The van der Waals surface area contributed by atoms with Crippen LogP contribution in [0.25, 0.3) is 0 Å². The lowest BCUT2D eigenvalue weighted by Crippen LogP contribution is -2.20. The number of halogens is 2. The molecule has 0 aliphatic carbocycles. The van der Waals surface area contributed by atoms with E-state index in [1.54, 1.807) is 19.1 Å². The standard InChI is InChI=1S/C11H12Cl2O3/c1-6(11(15)16-2)10(14)8-5-7(12)3-4-9(8)13/h3-6,10,14H,1-2H3. The molecule has 0 aromatic heterocycles. The first-order valence-corrected chi connectivity index (χ1v) is 5.43. The van der Waals surface area contributed by atoms with Crippen LogP contribution in [-0.2, 0) is 9.53 Å². The van der Waals surface area contributed by atoms with Gasteiger partial charge in [-0.05, 0) is 25.1 Å². The maximum Gasteiger partial charge on any atom is 0.311 e. The number of ether oxygens (including phenoxy) is 1. The Morgan fingerprint density at radius 1 is 1.44 bits per heavy atom. The molecule has 0 heterocycles. The number of hydrogen-bond donors (Lipinski definition) is 1. The van der Waals surface area contributed by atoms with Crippen LogP contribution in [0.15, 0.2) is 18.2 Å². The lowest BCUT2D eigenvalue weighted by atomic mass is 9.97. The van der Waals surface area contributed by atoms with E-state index in [0.717, 1.165) is 0 Å². The molecule has 88 valence electrons. The lowest BCUT2D eigenvalue weighted by Gasteiger charge is -2.18. The van der Waals surface area contributed by atoms with Crippen molar-refractivity contribution < 1.29 is 14.6 Å². The number of aliphatic hydroxyl groups excluding tert-OH is 1. The van der Waals surface area contributed by atoms with Crippen molar-refractivity contribution in [2.75, 3.05) is 7.11 Å². The molecule has 1 aromatic rings. The number of hydrogen-bond acceptors (Lipinski definition) is 3. The second kappa shape index (κ2) is 5.53. The van der Waals surface area contributed by atoms with Gasteiger partial charge in [0.05, 0.1) is 19.1 Å². The van der Waals surface area contributed by atoms with Gasteiger partial charge in [-0.25, -0.2) is 0 Å². The van der Waals surface area contributed by atoms with Crippen molar-refractivity contribution in [3.8, 4) is 0 Å². The van der Waals surface area contributed by atoms with Crippen molar-refractivity contribution in [3.63, 3.8) is 0 Å². The van der Waals surface area contributed by atoms with Gasteiger partial charge in [-0.2, -0.15) is 0 Å². The minimum atomic E-state index is -1.03. The summed E-state index contributed by atoms with van der Waals surface area (Å²) >= 11 is 11.7. The van der Waals surface area contributed by atoms with Gasteiger partial charge >= 0.3 is 5.97 Å². The molecule has 1 rings (SSSR count). The van der Waals surface area contributed by atoms with Crippen LogP contribution in [0, 0.1) is 5.92 Å². The summed E-state index contributed by atoms with van der Waals surface area (Å²) in [5.74, 6) is -1.19. The Morgan fingerprint density at radius 3 is 2.62 bits per heavy atom. The Morgan fingerprint density at radius 2 is 2.06 bits per heavy atom. The van der Waals surface area contributed by atoms with Gasteiger partial charge in [0.15, 0.2) is 0 Å². The largest absolute Gasteiger partial charge is 0.469 e. The number of carbonyl (C=O) groups is 1. The van der Waals surface area contributed by atoms with Crippen molar-refractivity contribution >= 4 is 29.2 Å². The number of esters is 1. The predicted molar refractivity (Wildman–Crippen MR) is 62.6 cm³/mol. The third kappa shape index (κ3) is 2.88. The Kier molecular flexibility index (Phi) is 4.59. The molecule has 1 N–H and O–H groups in total. The average molecular weight is 263 g/mol. The van der Waals surface area contributed by atoms with Gasteiger partial charge in [-0.1, -0.05) is 23.2 Å². The van der Waals surface area contributed by atoms with Crippen LogP contribution in [0.3, 0.4) is 0 Å². The quantitative estimate of drug-likeness (QED) is 0.853. The van der Waals surface area contributed by atoms with E-state index in [1.165, 1.54) is 13.2 Å². The number of rotatable bonds is 3. The number of carbonyl (C=O) groups excluding carboxylic acids is 1. The van der Waals surface area contributed by atoms with Gasteiger partial charge in [-0.15, -0.1) is 0 Å². The Labute approximate surface area is 104 Å². The zero-order chi connectivity index (χ0) is 12.3. The Hall–Kier alpha value is -0.770. The zero-order valence-corrected chi connectivity index (χ0v) is 10.4. The molecule has 0 radical (unpaired) electrons. The first-order chi connectivity index (χ1) is 7.47. The van der Waals surface area contributed by atoms with Gasteiger partial charge in [0, 0.05) is 15.6 Å². The molecule has 16 heavy (non-hydrogen) atoms. The summed E-state index contributed by atoms with van der Waals surface area (Å²) in [6, 6.07) is 4.73. The maximum atomic E-state index is 11.3. The van der Waals surface area contributed by atoms with E-state index in [4.69, 9.17) is 23.2 Å². The summed E-state index contributed by atoms with van der Waals surface area (Å²) < 4.78 is 4.55. The van der Waals surface area contributed by atoms with Gasteiger partial charge in [0.25, 0.3) is 0 Å². The van der Waals surface area contributed by atoms with Gasteiger partial charge < -0.3 is 9.84 Å². The number of aliphatic hydroxyl groups is 1. The molecule has 0 bridgehead atoms. The van der Waals surface area contributed by atoms with Crippen LogP contribution < -0.4 is 0 Å². The van der Waals surface area contributed by atoms with Crippen LogP contribution in [-0.4, -0.2) is 18.2 Å². The smallest absolute Gasteiger partial charge is 0.311 e. The van der Waals surface area contributed by atoms with Crippen molar-refractivity contribution in [2.45, 2.75) is 13.0 Å². The summed E-state index contributed by atoms with van der Waals surface area (Å²) in [6.45, 7) is 1.56. The van der Waals surface area contributed by atoms with Gasteiger partial charge in [0.2, 0.25) is 0 Å². The van der Waals surface area contributed by atoms with Crippen LogP contribution in [0.5, 0.6) is 0 Å². The highest BCUT2D eigenvalue weighted by atomic mass is 35.5. The summed E-state index contributed by atoms with van der Waals surface area (Å²) in [6.07, 6.45) is -1.03. The summed E-state index contributed by atoms with van der Waals surface area (Å²) in [4.78, 5) is 11.3. The normalized spacial score (nSPS) is 14.3. The topological polar surface area (TPSA) is 46.5 Å². The van der Waals surface area contributed by atoms with E-state index in [-0.39, 0.29) is 0 Å². The second-order valence-electron chi connectivity index (χ2n) is 3.42. The third-order valence-electron chi connectivity index (χ3n) is 2.32.